The predicted molar refractivity (Wildman–Crippen MR) is 116 cm³/mol. The van der Waals surface area contributed by atoms with Gasteiger partial charge < -0.3 is 10.6 Å². The van der Waals surface area contributed by atoms with Crippen LogP contribution in [-0.2, 0) is 6.54 Å². The molecule has 2 aliphatic rings. The van der Waals surface area contributed by atoms with Crippen LogP contribution in [0.25, 0.3) is 0 Å². The monoisotopic (exact) mass is 401 g/mol. The Morgan fingerprint density at radius 2 is 1.78 bits per heavy atom. The van der Waals surface area contributed by atoms with Crippen molar-refractivity contribution < 1.29 is 0 Å². The van der Waals surface area contributed by atoms with E-state index in [0.717, 1.165) is 36.6 Å². The first kappa shape index (κ1) is 18.6. The Morgan fingerprint density at radius 3 is 2.52 bits per heavy atom. The molecule has 27 heavy (non-hydrogen) atoms. The van der Waals surface area contributed by atoms with Crippen LogP contribution in [0.1, 0.15) is 49.7 Å². The van der Waals surface area contributed by atoms with Crippen LogP contribution in [0, 0.1) is 6.92 Å². The Hall–Kier alpha value is -1.71. The quantitative estimate of drug-likeness (QED) is 0.591. The molecule has 1 spiro atoms. The van der Waals surface area contributed by atoms with E-state index >= 15 is 0 Å². The van der Waals surface area contributed by atoms with E-state index in [1.165, 1.54) is 36.8 Å². The second-order valence-electron chi connectivity index (χ2n) is 7.71. The number of nitrogens with zero attached hydrogens (tertiary/aromatic N) is 1. The first-order valence-corrected chi connectivity index (χ1v) is 10.5. The first-order valence-electron chi connectivity index (χ1n) is 9.72. The minimum Gasteiger partial charge on any atom is -0.371 e. The minimum absolute atomic E-state index is 0.148. The molecule has 0 bridgehead atoms. The second kappa shape index (κ2) is 7.73. The maximum Gasteiger partial charge on any atom is 0.128 e. The number of hydrogen-bond donors (Lipinski definition) is 2. The zero-order valence-electron chi connectivity index (χ0n) is 15.6. The topological polar surface area (TPSA) is 36.4 Å². The molecule has 0 amide bonds. The van der Waals surface area contributed by atoms with Crippen molar-refractivity contribution in [3.8, 4) is 0 Å². The zero-order chi connectivity index (χ0) is 18.9. The van der Waals surface area contributed by atoms with Gasteiger partial charge in [0.25, 0.3) is 0 Å². The number of nitrogens with one attached hydrogen (secondary N) is 2. The lowest BCUT2D eigenvalue weighted by atomic mass is 9.86. The van der Waals surface area contributed by atoms with Crippen molar-refractivity contribution in [2.24, 2.45) is 4.99 Å². The van der Waals surface area contributed by atoms with Gasteiger partial charge in [-0.2, -0.15) is 0 Å². The van der Waals surface area contributed by atoms with Crippen molar-refractivity contribution in [1.29, 1.82) is 0 Å². The third-order valence-corrected chi connectivity index (χ3v) is 6.32. The zero-order valence-corrected chi connectivity index (χ0v) is 17.1. The molecule has 2 N–H and O–H groups in total. The van der Waals surface area contributed by atoms with E-state index in [1.807, 2.05) is 12.1 Å². The Kier molecular flexibility index (Phi) is 5.34. The van der Waals surface area contributed by atoms with Gasteiger partial charge in [-0.05, 0) is 37.5 Å². The van der Waals surface area contributed by atoms with Gasteiger partial charge in [0, 0.05) is 6.54 Å². The van der Waals surface area contributed by atoms with Crippen LogP contribution in [0.4, 0.5) is 11.4 Å². The van der Waals surface area contributed by atoms with E-state index in [-0.39, 0.29) is 5.54 Å². The van der Waals surface area contributed by atoms with Gasteiger partial charge >= 0.3 is 0 Å². The average Bonchev–Trinajstić information content (AvgIpc) is 2.88. The van der Waals surface area contributed by atoms with E-state index < -0.39 is 0 Å². The Morgan fingerprint density at radius 1 is 1.04 bits per heavy atom. The smallest absolute Gasteiger partial charge is 0.128 e. The summed E-state index contributed by atoms with van der Waals surface area (Å²) in [5, 5.41) is 8.53. The fourth-order valence-corrected chi connectivity index (χ4v) is 4.51. The maximum atomic E-state index is 6.26. The van der Waals surface area contributed by atoms with Gasteiger partial charge in [0.1, 0.15) is 5.84 Å². The molecule has 1 aliphatic carbocycles. The number of halogens is 2. The first-order chi connectivity index (χ1) is 13.1. The van der Waals surface area contributed by atoms with Crippen molar-refractivity contribution >= 4 is 40.4 Å². The average molecular weight is 402 g/mol. The molecule has 2 aromatic rings. The highest BCUT2D eigenvalue weighted by Gasteiger charge is 2.39. The summed E-state index contributed by atoms with van der Waals surface area (Å²) in [7, 11) is 0. The number of amidine groups is 1. The normalized spacial score (nSPS) is 18.3. The van der Waals surface area contributed by atoms with Gasteiger partial charge in [0.2, 0.25) is 0 Å². The summed E-state index contributed by atoms with van der Waals surface area (Å²) >= 11 is 12.5. The number of aryl methyl sites for hydroxylation is 1. The van der Waals surface area contributed by atoms with Gasteiger partial charge in [0.15, 0.2) is 0 Å². The van der Waals surface area contributed by atoms with E-state index in [0.29, 0.717) is 10.0 Å². The van der Waals surface area contributed by atoms with Crippen LogP contribution < -0.4 is 10.6 Å². The Labute approximate surface area is 171 Å². The molecule has 0 unspecified atom stereocenters. The summed E-state index contributed by atoms with van der Waals surface area (Å²) in [6.07, 6.45) is 7.12. The van der Waals surface area contributed by atoms with E-state index in [4.69, 9.17) is 28.2 Å². The molecule has 0 aromatic heterocycles. The van der Waals surface area contributed by atoms with Crippen LogP contribution in [-0.4, -0.2) is 11.4 Å². The molecule has 0 radical (unpaired) electrons. The number of anilines is 1. The molecule has 1 heterocycles. The SMILES string of the molecule is Cc1cccc(CNC2=Nc3cc(Cl)c(Cl)cc3NC23CCCCCC3)c1. The predicted octanol–water partition coefficient (Wildman–Crippen LogP) is 6.64. The number of benzene rings is 2. The van der Waals surface area contributed by atoms with Crippen molar-refractivity contribution in [3.05, 3.63) is 57.6 Å². The molecule has 0 saturated heterocycles. The van der Waals surface area contributed by atoms with E-state index in [2.05, 4.69) is 41.8 Å². The van der Waals surface area contributed by atoms with Crippen molar-refractivity contribution in [3.63, 3.8) is 0 Å². The van der Waals surface area contributed by atoms with Crippen LogP contribution in [0.5, 0.6) is 0 Å². The molecule has 1 fully saturated rings. The molecule has 2 aromatic carbocycles. The molecule has 142 valence electrons. The largest absolute Gasteiger partial charge is 0.371 e. The van der Waals surface area contributed by atoms with Gasteiger partial charge in [0.05, 0.1) is 27.0 Å². The molecule has 3 nitrogen and oxygen atoms in total. The Balaban J connectivity index is 1.68. The van der Waals surface area contributed by atoms with Crippen molar-refractivity contribution in [2.45, 2.75) is 57.5 Å². The third-order valence-electron chi connectivity index (χ3n) is 5.60. The minimum atomic E-state index is -0.148. The summed E-state index contributed by atoms with van der Waals surface area (Å²) in [4.78, 5) is 5.00. The third kappa shape index (κ3) is 3.95. The fraction of sp³-hybridized carbons (Fsp3) is 0.409. The number of fused-ring (bicyclic) bond motifs is 1. The second-order valence-corrected chi connectivity index (χ2v) is 8.52. The molecular formula is C22H25Cl2N3. The molecule has 0 atom stereocenters. The highest BCUT2D eigenvalue weighted by molar-refractivity contribution is 6.42. The summed E-state index contributed by atoms with van der Waals surface area (Å²) in [5.41, 5.74) is 4.22. The molecule has 4 rings (SSSR count). The summed E-state index contributed by atoms with van der Waals surface area (Å²) in [5.74, 6) is 1.02. The van der Waals surface area contributed by atoms with Crippen LogP contribution >= 0.6 is 23.2 Å². The van der Waals surface area contributed by atoms with E-state index in [1.54, 1.807) is 0 Å². The number of aliphatic imine (C=N–C) groups is 1. The van der Waals surface area contributed by atoms with Gasteiger partial charge in [-0.1, -0.05) is 78.7 Å². The van der Waals surface area contributed by atoms with Crippen LogP contribution in [0.2, 0.25) is 10.0 Å². The van der Waals surface area contributed by atoms with Gasteiger partial charge in [-0.25, -0.2) is 4.99 Å². The summed E-state index contributed by atoms with van der Waals surface area (Å²) in [6.45, 7) is 2.89. The number of rotatable bonds is 2. The summed E-state index contributed by atoms with van der Waals surface area (Å²) < 4.78 is 0. The maximum absolute atomic E-state index is 6.26. The molecule has 1 aliphatic heterocycles. The Bertz CT molecular complexity index is 868. The molecular weight excluding hydrogens is 377 g/mol. The lowest BCUT2D eigenvalue weighted by Gasteiger charge is -2.40. The lowest BCUT2D eigenvalue weighted by molar-refractivity contribution is 0.511. The van der Waals surface area contributed by atoms with Crippen LogP contribution in [0.3, 0.4) is 0 Å². The fourth-order valence-electron chi connectivity index (χ4n) is 4.18. The summed E-state index contributed by atoms with van der Waals surface area (Å²) in [6, 6.07) is 12.4. The highest BCUT2D eigenvalue weighted by Crippen LogP contribution is 2.42. The molecule has 5 heteroatoms. The number of hydrogen-bond acceptors (Lipinski definition) is 3. The standard InChI is InChI=1S/C22H25Cl2N3/c1-15-7-6-8-16(11-15)14-25-21-22(9-4-2-3-5-10-22)27-20-13-18(24)17(23)12-19(20)26-21/h6-8,11-13,27H,2-5,9-10,14H2,1H3,(H,25,26). The van der Waals surface area contributed by atoms with Crippen molar-refractivity contribution in [2.75, 3.05) is 5.32 Å². The van der Waals surface area contributed by atoms with Crippen LogP contribution in [0.15, 0.2) is 41.4 Å². The lowest BCUT2D eigenvalue weighted by Crippen LogP contribution is -2.53. The highest BCUT2D eigenvalue weighted by atomic mass is 35.5. The molecule has 1 saturated carbocycles. The van der Waals surface area contributed by atoms with E-state index in [9.17, 15) is 0 Å². The van der Waals surface area contributed by atoms with Gasteiger partial charge in [-0.15, -0.1) is 0 Å². The van der Waals surface area contributed by atoms with Crippen molar-refractivity contribution in [1.82, 2.24) is 5.32 Å². The van der Waals surface area contributed by atoms with Gasteiger partial charge in [-0.3, -0.25) is 0 Å².